The number of amides is 1. The predicted molar refractivity (Wildman–Crippen MR) is 122 cm³/mol. The molecule has 1 atom stereocenters. The van der Waals surface area contributed by atoms with Crippen molar-refractivity contribution in [1.29, 1.82) is 0 Å². The fourth-order valence-corrected chi connectivity index (χ4v) is 5.36. The number of carboxylic acids is 1. The summed E-state index contributed by atoms with van der Waals surface area (Å²) in [7, 11) is 0. The Morgan fingerprint density at radius 3 is 2.80 bits per heavy atom. The van der Waals surface area contributed by atoms with Crippen LogP contribution in [0.25, 0.3) is 10.1 Å². The third-order valence-electron chi connectivity index (χ3n) is 5.85. The van der Waals surface area contributed by atoms with E-state index in [-0.39, 0.29) is 11.9 Å². The Balaban J connectivity index is 1.50. The molecule has 1 amide bonds. The summed E-state index contributed by atoms with van der Waals surface area (Å²) in [5, 5.41) is 13.8. The first-order chi connectivity index (χ1) is 14.4. The fraction of sp³-hybridized carbons (Fsp3) is 0.333. The van der Waals surface area contributed by atoms with Crippen LogP contribution in [-0.4, -0.2) is 41.0 Å². The number of likely N-dealkylation sites (tertiary alicyclic amines) is 1. The number of aromatic carboxylic acids is 1. The number of carboxylic acid groups (broad SMARTS) is 1. The molecular weight excluding hydrogens is 396 g/mol. The van der Waals surface area contributed by atoms with Gasteiger partial charge in [-0.3, -0.25) is 9.69 Å². The Morgan fingerprint density at radius 2 is 2.00 bits per heavy atom. The van der Waals surface area contributed by atoms with Gasteiger partial charge in [0, 0.05) is 16.4 Å². The van der Waals surface area contributed by atoms with Crippen LogP contribution in [0, 0.1) is 13.8 Å². The Labute approximate surface area is 180 Å². The highest BCUT2D eigenvalue weighted by atomic mass is 32.1. The minimum Gasteiger partial charge on any atom is -0.477 e. The summed E-state index contributed by atoms with van der Waals surface area (Å²) in [6.07, 6.45) is 2.65. The van der Waals surface area contributed by atoms with Crippen LogP contribution in [0.5, 0.6) is 0 Å². The molecule has 1 aliphatic rings. The van der Waals surface area contributed by atoms with Crippen molar-refractivity contribution in [3.63, 3.8) is 0 Å². The zero-order chi connectivity index (χ0) is 21.3. The Morgan fingerprint density at radius 1 is 1.20 bits per heavy atom. The predicted octanol–water partition coefficient (Wildman–Crippen LogP) is 4.86. The van der Waals surface area contributed by atoms with Crippen molar-refractivity contribution < 1.29 is 14.7 Å². The quantitative estimate of drug-likeness (QED) is 0.595. The molecule has 1 fully saturated rings. The van der Waals surface area contributed by atoms with E-state index in [1.165, 1.54) is 11.3 Å². The number of thiophene rings is 1. The highest BCUT2D eigenvalue weighted by Gasteiger charge is 2.29. The van der Waals surface area contributed by atoms with Crippen LogP contribution in [0.2, 0.25) is 0 Å². The molecular formula is C24H26N2O3S. The van der Waals surface area contributed by atoms with Gasteiger partial charge in [-0.2, -0.15) is 0 Å². The average molecular weight is 423 g/mol. The van der Waals surface area contributed by atoms with Crippen molar-refractivity contribution in [2.45, 2.75) is 39.2 Å². The number of aryl methyl sites for hydroxylation is 2. The van der Waals surface area contributed by atoms with E-state index in [0.717, 1.165) is 51.9 Å². The molecule has 2 N–H and O–H groups in total. The Hall–Kier alpha value is -2.70. The van der Waals surface area contributed by atoms with Crippen molar-refractivity contribution >= 4 is 39.0 Å². The molecule has 1 aromatic heterocycles. The SMILES string of the molecule is Cc1ccc(C)c(NC(=O)CN2CCC[C@H]2Cc2c(C(=O)O)sc3ccccc23)c1. The number of hydrogen-bond donors (Lipinski definition) is 2. The maximum Gasteiger partial charge on any atom is 0.346 e. The van der Waals surface area contributed by atoms with Gasteiger partial charge in [-0.15, -0.1) is 11.3 Å². The molecule has 0 bridgehead atoms. The van der Waals surface area contributed by atoms with Crippen LogP contribution in [0.3, 0.4) is 0 Å². The second kappa shape index (κ2) is 8.58. The first kappa shape index (κ1) is 20.6. The van der Waals surface area contributed by atoms with Crippen molar-refractivity contribution in [1.82, 2.24) is 4.90 Å². The van der Waals surface area contributed by atoms with E-state index in [0.29, 0.717) is 17.8 Å². The van der Waals surface area contributed by atoms with Crippen LogP contribution in [-0.2, 0) is 11.2 Å². The smallest absolute Gasteiger partial charge is 0.346 e. The Kier molecular flexibility index (Phi) is 5.88. The molecule has 30 heavy (non-hydrogen) atoms. The van der Waals surface area contributed by atoms with Gasteiger partial charge in [-0.05, 0) is 73.9 Å². The largest absolute Gasteiger partial charge is 0.477 e. The van der Waals surface area contributed by atoms with Crippen molar-refractivity contribution in [2.75, 3.05) is 18.4 Å². The summed E-state index contributed by atoms with van der Waals surface area (Å²) in [5.41, 5.74) is 3.91. The third kappa shape index (κ3) is 4.25. The molecule has 0 saturated carbocycles. The van der Waals surface area contributed by atoms with E-state index in [2.05, 4.69) is 10.2 Å². The zero-order valence-corrected chi connectivity index (χ0v) is 18.1. The average Bonchev–Trinajstić information content (AvgIpc) is 3.30. The summed E-state index contributed by atoms with van der Waals surface area (Å²) >= 11 is 1.34. The van der Waals surface area contributed by atoms with E-state index in [1.807, 2.05) is 56.3 Å². The van der Waals surface area contributed by atoms with Gasteiger partial charge < -0.3 is 10.4 Å². The number of benzene rings is 2. The molecule has 3 aromatic rings. The number of rotatable bonds is 6. The summed E-state index contributed by atoms with van der Waals surface area (Å²) < 4.78 is 1.00. The molecule has 4 rings (SSSR count). The zero-order valence-electron chi connectivity index (χ0n) is 17.3. The maximum absolute atomic E-state index is 12.7. The normalized spacial score (nSPS) is 16.8. The summed E-state index contributed by atoms with van der Waals surface area (Å²) in [6.45, 7) is 5.18. The van der Waals surface area contributed by atoms with E-state index >= 15 is 0 Å². The number of anilines is 1. The number of nitrogens with zero attached hydrogens (tertiary/aromatic N) is 1. The van der Waals surface area contributed by atoms with Gasteiger partial charge in [0.25, 0.3) is 0 Å². The van der Waals surface area contributed by atoms with Gasteiger partial charge in [0.2, 0.25) is 5.91 Å². The van der Waals surface area contributed by atoms with Gasteiger partial charge in [-0.1, -0.05) is 30.3 Å². The second-order valence-corrected chi connectivity index (χ2v) is 9.10. The number of fused-ring (bicyclic) bond motifs is 1. The van der Waals surface area contributed by atoms with E-state index in [9.17, 15) is 14.7 Å². The monoisotopic (exact) mass is 422 g/mol. The highest BCUT2D eigenvalue weighted by molar-refractivity contribution is 7.21. The van der Waals surface area contributed by atoms with Gasteiger partial charge in [0.1, 0.15) is 4.88 Å². The lowest BCUT2D eigenvalue weighted by atomic mass is 10.0. The standard InChI is InChI=1S/C24H26N2O3S/c1-15-9-10-16(2)20(12-15)25-22(27)14-26-11-5-6-17(26)13-19-18-7-3-4-8-21(18)30-23(19)24(28)29/h3-4,7-10,12,17H,5-6,11,13-14H2,1-2H3,(H,25,27)(H,28,29)/t17-/m0/s1. The van der Waals surface area contributed by atoms with Crippen molar-refractivity contribution in [2.24, 2.45) is 0 Å². The van der Waals surface area contributed by atoms with Gasteiger partial charge in [-0.25, -0.2) is 4.79 Å². The molecule has 6 heteroatoms. The summed E-state index contributed by atoms with van der Waals surface area (Å²) in [5.74, 6) is -0.896. The van der Waals surface area contributed by atoms with Crippen LogP contribution in [0.1, 0.15) is 39.2 Å². The molecule has 2 heterocycles. The summed E-state index contributed by atoms with van der Waals surface area (Å²) in [4.78, 5) is 27.2. The highest BCUT2D eigenvalue weighted by Crippen LogP contribution is 2.34. The molecule has 1 saturated heterocycles. The third-order valence-corrected chi connectivity index (χ3v) is 7.05. The lowest BCUT2D eigenvalue weighted by molar-refractivity contribution is -0.117. The minimum atomic E-state index is -0.872. The maximum atomic E-state index is 12.7. The molecule has 156 valence electrons. The van der Waals surface area contributed by atoms with Crippen LogP contribution in [0.4, 0.5) is 5.69 Å². The van der Waals surface area contributed by atoms with Crippen LogP contribution in [0.15, 0.2) is 42.5 Å². The first-order valence-electron chi connectivity index (χ1n) is 10.3. The summed E-state index contributed by atoms with van der Waals surface area (Å²) in [6, 6.07) is 14.1. The molecule has 1 aliphatic heterocycles. The van der Waals surface area contributed by atoms with Crippen LogP contribution >= 0.6 is 11.3 Å². The van der Waals surface area contributed by atoms with Gasteiger partial charge in [0.15, 0.2) is 0 Å². The first-order valence-corrected chi connectivity index (χ1v) is 11.1. The van der Waals surface area contributed by atoms with E-state index in [4.69, 9.17) is 0 Å². The molecule has 2 aromatic carbocycles. The lowest BCUT2D eigenvalue weighted by Crippen LogP contribution is -2.38. The second-order valence-electron chi connectivity index (χ2n) is 8.05. The number of carbonyl (C=O) groups is 2. The number of carbonyl (C=O) groups excluding carboxylic acids is 1. The molecule has 5 nitrogen and oxygen atoms in total. The molecule has 0 spiro atoms. The number of nitrogens with one attached hydrogen (secondary N) is 1. The van der Waals surface area contributed by atoms with E-state index < -0.39 is 5.97 Å². The lowest BCUT2D eigenvalue weighted by Gasteiger charge is -2.24. The van der Waals surface area contributed by atoms with E-state index in [1.54, 1.807) is 0 Å². The van der Waals surface area contributed by atoms with Gasteiger partial charge in [0.05, 0.1) is 6.54 Å². The van der Waals surface area contributed by atoms with Gasteiger partial charge >= 0.3 is 5.97 Å². The van der Waals surface area contributed by atoms with Crippen LogP contribution < -0.4 is 5.32 Å². The minimum absolute atomic E-state index is 0.0239. The van der Waals surface area contributed by atoms with Crippen molar-refractivity contribution in [3.8, 4) is 0 Å². The molecule has 0 aliphatic carbocycles. The molecule has 0 unspecified atom stereocenters. The number of hydrogen-bond acceptors (Lipinski definition) is 4. The fourth-order valence-electron chi connectivity index (χ4n) is 4.29. The van der Waals surface area contributed by atoms with Crippen molar-refractivity contribution in [3.05, 3.63) is 64.0 Å². The topological polar surface area (TPSA) is 69.6 Å². The Bertz CT molecular complexity index is 1110. The molecule has 0 radical (unpaired) electrons.